The van der Waals surface area contributed by atoms with E-state index in [2.05, 4.69) is 5.32 Å². The second kappa shape index (κ2) is 11.8. The third-order valence-electron chi connectivity index (χ3n) is 5.02. The maximum Gasteiger partial charge on any atom is 0.244 e. The summed E-state index contributed by atoms with van der Waals surface area (Å²) in [6, 6.07) is 10.4. The highest BCUT2D eigenvalue weighted by atomic mass is 35.5. The minimum Gasteiger partial charge on any atom is -0.350 e. The molecule has 2 rings (SSSR count). The van der Waals surface area contributed by atoms with Gasteiger partial charge < -0.3 is 10.2 Å². The molecule has 0 bridgehead atoms. The lowest BCUT2D eigenvalue weighted by molar-refractivity contribution is -0.141. The van der Waals surface area contributed by atoms with Gasteiger partial charge in [0.1, 0.15) is 12.6 Å². The van der Waals surface area contributed by atoms with E-state index >= 15 is 0 Å². The predicted molar refractivity (Wildman–Crippen MR) is 143 cm³/mol. The first-order valence-electron chi connectivity index (χ1n) is 10.9. The van der Waals surface area contributed by atoms with E-state index in [1.54, 1.807) is 43.3 Å². The minimum absolute atomic E-state index is 0.0198. The van der Waals surface area contributed by atoms with Crippen molar-refractivity contribution in [3.05, 3.63) is 63.1 Å². The number of rotatable bonds is 9. The van der Waals surface area contributed by atoms with E-state index in [9.17, 15) is 18.0 Å². The molecule has 0 heterocycles. The second-order valence-electron chi connectivity index (χ2n) is 9.15. The van der Waals surface area contributed by atoms with Crippen LogP contribution in [0, 0.1) is 0 Å². The van der Waals surface area contributed by atoms with E-state index in [0.29, 0.717) is 22.0 Å². The lowest BCUT2D eigenvalue weighted by Gasteiger charge is -2.34. The van der Waals surface area contributed by atoms with E-state index in [4.69, 9.17) is 34.8 Å². The average Bonchev–Trinajstić information content (AvgIpc) is 2.73. The summed E-state index contributed by atoms with van der Waals surface area (Å²) in [5, 5.41) is 3.74. The van der Waals surface area contributed by atoms with Crippen LogP contribution < -0.4 is 9.62 Å². The Morgan fingerprint density at radius 2 is 1.63 bits per heavy atom. The monoisotopic (exact) mass is 561 g/mol. The summed E-state index contributed by atoms with van der Waals surface area (Å²) in [5.74, 6) is -0.922. The Morgan fingerprint density at radius 1 is 1.00 bits per heavy atom. The first-order chi connectivity index (χ1) is 16.1. The van der Waals surface area contributed by atoms with Crippen LogP contribution in [-0.4, -0.2) is 49.5 Å². The van der Waals surface area contributed by atoms with Crippen molar-refractivity contribution in [3.63, 3.8) is 0 Å². The Labute approximate surface area is 222 Å². The maximum absolute atomic E-state index is 13.6. The van der Waals surface area contributed by atoms with Crippen molar-refractivity contribution in [1.82, 2.24) is 10.2 Å². The highest BCUT2D eigenvalue weighted by Gasteiger charge is 2.33. The Bertz CT molecular complexity index is 1180. The zero-order valence-corrected chi connectivity index (χ0v) is 23.4. The van der Waals surface area contributed by atoms with Crippen LogP contribution in [0.5, 0.6) is 0 Å². The number of carbonyl (C=O) groups is 2. The summed E-state index contributed by atoms with van der Waals surface area (Å²) >= 11 is 18.4. The Morgan fingerprint density at radius 3 is 2.14 bits per heavy atom. The number of hydrogen-bond acceptors (Lipinski definition) is 4. The number of nitrogens with one attached hydrogen (secondary N) is 1. The number of amides is 2. The van der Waals surface area contributed by atoms with Crippen LogP contribution >= 0.6 is 34.8 Å². The van der Waals surface area contributed by atoms with Crippen molar-refractivity contribution < 1.29 is 18.0 Å². The molecule has 0 radical (unpaired) electrons. The maximum atomic E-state index is 13.6. The van der Waals surface area contributed by atoms with Crippen molar-refractivity contribution in [2.75, 3.05) is 17.1 Å². The molecule has 1 unspecified atom stereocenters. The van der Waals surface area contributed by atoms with E-state index in [0.717, 1.165) is 10.6 Å². The van der Waals surface area contributed by atoms with Gasteiger partial charge >= 0.3 is 0 Å². The van der Waals surface area contributed by atoms with Crippen LogP contribution in [-0.2, 0) is 26.2 Å². The molecular formula is C24H30Cl3N3O4S. The Hall–Kier alpha value is -2.00. The van der Waals surface area contributed by atoms with Gasteiger partial charge in [-0.05, 0) is 57.0 Å². The molecule has 2 aromatic rings. The Kier molecular flexibility index (Phi) is 9.87. The Balaban J connectivity index is 2.50. The van der Waals surface area contributed by atoms with Crippen molar-refractivity contribution in [3.8, 4) is 0 Å². The van der Waals surface area contributed by atoms with Gasteiger partial charge in [0.05, 0.1) is 27.0 Å². The molecule has 2 aromatic carbocycles. The van der Waals surface area contributed by atoms with Gasteiger partial charge in [0.25, 0.3) is 0 Å². The number of nitrogens with zero attached hydrogens (tertiary/aromatic N) is 2. The largest absolute Gasteiger partial charge is 0.350 e. The zero-order chi connectivity index (χ0) is 26.6. The topological polar surface area (TPSA) is 86.8 Å². The minimum atomic E-state index is -3.87. The molecule has 1 atom stereocenters. The standard InChI is InChI=1S/C24H30Cl3N3O4S/c1-6-20(23(32)28-24(2,3)4)29(14-16-11-12-17(25)19(27)13-16)22(31)15-30(35(5,33)34)21-10-8-7-9-18(21)26/h7-13,20H,6,14-15H2,1-5H3,(H,28,32). The highest BCUT2D eigenvalue weighted by molar-refractivity contribution is 7.92. The molecule has 0 fully saturated rings. The molecule has 0 spiro atoms. The quantitative estimate of drug-likeness (QED) is 0.459. The number of carbonyl (C=O) groups excluding carboxylic acids is 2. The van der Waals surface area contributed by atoms with Gasteiger partial charge in [-0.1, -0.05) is 59.9 Å². The van der Waals surface area contributed by atoms with Crippen molar-refractivity contribution in [1.29, 1.82) is 0 Å². The highest BCUT2D eigenvalue weighted by Crippen LogP contribution is 2.28. The summed E-state index contributed by atoms with van der Waals surface area (Å²) in [4.78, 5) is 28.2. The van der Waals surface area contributed by atoms with Crippen LogP contribution in [0.15, 0.2) is 42.5 Å². The molecule has 11 heteroatoms. The van der Waals surface area contributed by atoms with E-state index in [-0.39, 0.29) is 23.2 Å². The summed E-state index contributed by atoms with van der Waals surface area (Å²) in [6.45, 7) is 6.78. The third kappa shape index (κ3) is 8.27. The molecule has 0 aliphatic rings. The lowest BCUT2D eigenvalue weighted by atomic mass is 10.1. The van der Waals surface area contributed by atoms with Gasteiger partial charge in [-0.25, -0.2) is 8.42 Å². The fraction of sp³-hybridized carbons (Fsp3) is 0.417. The molecule has 192 valence electrons. The SMILES string of the molecule is CCC(C(=O)NC(C)(C)C)N(Cc1ccc(Cl)c(Cl)c1)C(=O)CN(c1ccccc1Cl)S(C)(=O)=O. The summed E-state index contributed by atoms with van der Waals surface area (Å²) in [7, 11) is -3.87. The summed E-state index contributed by atoms with van der Waals surface area (Å²) in [6.07, 6.45) is 1.30. The fourth-order valence-corrected chi connectivity index (χ4v) is 4.93. The van der Waals surface area contributed by atoms with E-state index in [1.165, 1.54) is 11.0 Å². The van der Waals surface area contributed by atoms with Crippen LogP contribution in [0.1, 0.15) is 39.7 Å². The molecule has 35 heavy (non-hydrogen) atoms. The first-order valence-corrected chi connectivity index (χ1v) is 13.9. The molecular weight excluding hydrogens is 533 g/mol. The van der Waals surface area contributed by atoms with Gasteiger partial charge in [-0.2, -0.15) is 0 Å². The van der Waals surface area contributed by atoms with E-state index < -0.39 is 34.1 Å². The molecule has 0 saturated carbocycles. The fourth-order valence-electron chi connectivity index (χ4n) is 3.46. The molecule has 0 aliphatic heterocycles. The number of sulfonamides is 1. The second-order valence-corrected chi connectivity index (χ2v) is 12.3. The van der Waals surface area contributed by atoms with Crippen molar-refractivity contribution >= 4 is 62.3 Å². The average molecular weight is 563 g/mol. The molecule has 0 aromatic heterocycles. The lowest BCUT2D eigenvalue weighted by Crippen LogP contribution is -2.55. The van der Waals surface area contributed by atoms with Gasteiger partial charge in [0.15, 0.2) is 0 Å². The van der Waals surface area contributed by atoms with Crippen LogP contribution in [0.4, 0.5) is 5.69 Å². The van der Waals surface area contributed by atoms with Gasteiger partial charge in [0, 0.05) is 12.1 Å². The molecule has 7 nitrogen and oxygen atoms in total. The summed E-state index contributed by atoms with van der Waals surface area (Å²) in [5.41, 5.74) is 0.282. The number of benzene rings is 2. The smallest absolute Gasteiger partial charge is 0.244 e. The number of anilines is 1. The zero-order valence-electron chi connectivity index (χ0n) is 20.3. The predicted octanol–water partition coefficient (Wildman–Crippen LogP) is 5.13. The number of hydrogen-bond donors (Lipinski definition) is 1. The van der Waals surface area contributed by atoms with Gasteiger partial charge in [-0.3, -0.25) is 13.9 Å². The molecule has 0 saturated heterocycles. The van der Waals surface area contributed by atoms with Crippen molar-refractivity contribution in [2.24, 2.45) is 0 Å². The summed E-state index contributed by atoms with van der Waals surface area (Å²) < 4.78 is 26.2. The number of halogens is 3. The van der Waals surface area contributed by atoms with Crippen LogP contribution in [0.2, 0.25) is 15.1 Å². The first kappa shape index (κ1) is 29.2. The van der Waals surface area contributed by atoms with Gasteiger partial charge in [0.2, 0.25) is 21.8 Å². The molecule has 2 amide bonds. The van der Waals surface area contributed by atoms with Crippen LogP contribution in [0.3, 0.4) is 0 Å². The number of para-hydroxylation sites is 1. The normalized spacial score (nSPS) is 12.7. The van der Waals surface area contributed by atoms with Crippen LogP contribution in [0.25, 0.3) is 0 Å². The third-order valence-corrected chi connectivity index (χ3v) is 7.21. The molecule has 1 N–H and O–H groups in total. The molecule has 0 aliphatic carbocycles. The van der Waals surface area contributed by atoms with Gasteiger partial charge in [-0.15, -0.1) is 0 Å². The van der Waals surface area contributed by atoms with E-state index in [1.807, 2.05) is 20.8 Å². The van der Waals surface area contributed by atoms with Crippen molar-refractivity contribution in [2.45, 2.75) is 52.2 Å².